The lowest BCUT2D eigenvalue weighted by atomic mass is 10.2. The average molecular weight is 189 g/mol. The molecule has 3 heteroatoms. The number of nitriles is 1. The van der Waals surface area contributed by atoms with Crippen molar-refractivity contribution in [3.63, 3.8) is 0 Å². The van der Waals surface area contributed by atoms with Gasteiger partial charge in [0.05, 0.1) is 11.6 Å². The fourth-order valence-electron chi connectivity index (χ4n) is 1.16. The van der Waals surface area contributed by atoms with Gasteiger partial charge in [0, 0.05) is 12.2 Å². The SMILES string of the molecule is N#Cc1ccc(NCCCCN)cc1. The topological polar surface area (TPSA) is 61.8 Å². The Kier molecular flexibility index (Phi) is 4.53. The highest BCUT2D eigenvalue weighted by Gasteiger charge is 1.92. The third kappa shape index (κ3) is 3.46. The van der Waals surface area contributed by atoms with E-state index in [2.05, 4.69) is 11.4 Å². The van der Waals surface area contributed by atoms with E-state index in [-0.39, 0.29) is 0 Å². The van der Waals surface area contributed by atoms with Crippen LogP contribution >= 0.6 is 0 Å². The normalized spacial score (nSPS) is 9.43. The highest BCUT2D eigenvalue weighted by molar-refractivity contribution is 5.46. The highest BCUT2D eigenvalue weighted by atomic mass is 14.9. The predicted octanol–water partition coefficient (Wildman–Crippen LogP) is 1.71. The third-order valence-corrected chi connectivity index (χ3v) is 1.97. The fourth-order valence-corrected chi connectivity index (χ4v) is 1.16. The van der Waals surface area contributed by atoms with Crippen LogP contribution in [0.25, 0.3) is 0 Å². The Morgan fingerprint density at radius 3 is 2.50 bits per heavy atom. The molecular formula is C11H15N3. The minimum Gasteiger partial charge on any atom is -0.385 e. The second-order valence-corrected chi connectivity index (χ2v) is 3.11. The number of rotatable bonds is 5. The Hall–Kier alpha value is -1.53. The lowest BCUT2D eigenvalue weighted by Crippen LogP contribution is -2.05. The van der Waals surface area contributed by atoms with Gasteiger partial charge in [0.2, 0.25) is 0 Å². The summed E-state index contributed by atoms with van der Waals surface area (Å²) in [7, 11) is 0. The maximum atomic E-state index is 8.59. The zero-order valence-electron chi connectivity index (χ0n) is 8.16. The summed E-state index contributed by atoms with van der Waals surface area (Å²) >= 11 is 0. The summed E-state index contributed by atoms with van der Waals surface area (Å²) in [4.78, 5) is 0. The Labute approximate surface area is 84.5 Å². The summed E-state index contributed by atoms with van der Waals surface area (Å²) in [5, 5.41) is 11.9. The van der Waals surface area contributed by atoms with Crippen molar-refractivity contribution in [2.24, 2.45) is 5.73 Å². The van der Waals surface area contributed by atoms with Crippen molar-refractivity contribution in [2.45, 2.75) is 12.8 Å². The van der Waals surface area contributed by atoms with Crippen molar-refractivity contribution in [1.82, 2.24) is 0 Å². The Morgan fingerprint density at radius 2 is 1.93 bits per heavy atom. The second-order valence-electron chi connectivity index (χ2n) is 3.11. The third-order valence-electron chi connectivity index (χ3n) is 1.97. The van der Waals surface area contributed by atoms with E-state index in [1.807, 2.05) is 24.3 Å². The molecule has 14 heavy (non-hydrogen) atoms. The van der Waals surface area contributed by atoms with E-state index in [1.54, 1.807) is 0 Å². The van der Waals surface area contributed by atoms with Crippen LogP contribution in [0.3, 0.4) is 0 Å². The Morgan fingerprint density at radius 1 is 1.21 bits per heavy atom. The summed E-state index contributed by atoms with van der Waals surface area (Å²) in [6.07, 6.45) is 2.12. The first-order valence-electron chi connectivity index (χ1n) is 4.81. The summed E-state index contributed by atoms with van der Waals surface area (Å²) in [6, 6.07) is 9.54. The van der Waals surface area contributed by atoms with E-state index in [0.29, 0.717) is 5.56 Å². The standard InChI is InChI=1S/C11H15N3/c12-7-1-2-8-14-11-5-3-10(9-13)4-6-11/h3-6,14H,1-2,7-8,12H2. The van der Waals surface area contributed by atoms with Crippen LogP contribution in [0, 0.1) is 11.3 Å². The molecule has 0 aromatic heterocycles. The van der Waals surface area contributed by atoms with Crippen molar-refractivity contribution < 1.29 is 0 Å². The largest absolute Gasteiger partial charge is 0.385 e. The van der Waals surface area contributed by atoms with Crippen molar-refractivity contribution in [3.05, 3.63) is 29.8 Å². The molecule has 1 aromatic carbocycles. The van der Waals surface area contributed by atoms with E-state index in [0.717, 1.165) is 31.6 Å². The molecule has 0 aliphatic carbocycles. The smallest absolute Gasteiger partial charge is 0.0991 e. The number of benzene rings is 1. The molecule has 1 aromatic rings. The average Bonchev–Trinajstić information content (AvgIpc) is 2.25. The molecule has 0 bridgehead atoms. The first kappa shape index (κ1) is 10.6. The molecule has 0 unspecified atom stereocenters. The van der Waals surface area contributed by atoms with Crippen LogP contribution in [-0.2, 0) is 0 Å². The Balaban J connectivity index is 2.33. The van der Waals surface area contributed by atoms with Gasteiger partial charge in [0.25, 0.3) is 0 Å². The molecule has 3 nitrogen and oxygen atoms in total. The van der Waals surface area contributed by atoms with Gasteiger partial charge < -0.3 is 11.1 Å². The molecule has 0 spiro atoms. The maximum absolute atomic E-state index is 8.59. The molecule has 74 valence electrons. The van der Waals surface area contributed by atoms with Gasteiger partial charge in [-0.05, 0) is 43.7 Å². The zero-order chi connectivity index (χ0) is 10.2. The molecule has 0 amide bonds. The monoisotopic (exact) mass is 189 g/mol. The lowest BCUT2D eigenvalue weighted by Gasteiger charge is -2.04. The van der Waals surface area contributed by atoms with Gasteiger partial charge in [0.15, 0.2) is 0 Å². The minimum absolute atomic E-state index is 0.692. The lowest BCUT2D eigenvalue weighted by molar-refractivity contribution is 0.774. The van der Waals surface area contributed by atoms with Crippen LogP contribution in [0.4, 0.5) is 5.69 Å². The molecule has 0 aliphatic heterocycles. The quantitative estimate of drug-likeness (QED) is 0.693. The highest BCUT2D eigenvalue weighted by Crippen LogP contribution is 2.08. The van der Waals surface area contributed by atoms with Crippen LogP contribution in [0.1, 0.15) is 18.4 Å². The molecule has 0 saturated heterocycles. The van der Waals surface area contributed by atoms with Crippen molar-refractivity contribution >= 4 is 5.69 Å². The minimum atomic E-state index is 0.692. The molecule has 1 rings (SSSR count). The molecule has 0 atom stereocenters. The summed E-state index contributed by atoms with van der Waals surface area (Å²) in [5.41, 5.74) is 7.13. The van der Waals surface area contributed by atoms with Crippen molar-refractivity contribution in [1.29, 1.82) is 5.26 Å². The maximum Gasteiger partial charge on any atom is 0.0991 e. The van der Waals surface area contributed by atoms with Crippen LogP contribution in [-0.4, -0.2) is 13.1 Å². The van der Waals surface area contributed by atoms with Gasteiger partial charge in [0.1, 0.15) is 0 Å². The predicted molar refractivity (Wildman–Crippen MR) is 57.9 cm³/mol. The molecular weight excluding hydrogens is 174 g/mol. The number of nitrogens with zero attached hydrogens (tertiary/aromatic N) is 1. The van der Waals surface area contributed by atoms with Gasteiger partial charge in [-0.15, -0.1) is 0 Å². The first-order chi connectivity index (χ1) is 6.86. The molecule has 0 saturated carbocycles. The van der Waals surface area contributed by atoms with Gasteiger partial charge in [-0.2, -0.15) is 5.26 Å². The van der Waals surface area contributed by atoms with E-state index in [4.69, 9.17) is 11.0 Å². The summed E-state index contributed by atoms with van der Waals surface area (Å²) < 4.78 is 0. The molecule has 0 fully saturated rings. The number of unbranched alkanes of at least 4 members (excludes halogenated alkanes) is 1. The van der Waals surface area contributed by atoms with Crippen LogP contribution in [0.2, 0.25) is 0 Å². The van der Waals surface area contributed by atoms with E-state index in [9.17, 15) is 0 Å². The van der Waals surface area contributed by atoms with Crippen LogP contribution < -0.4 is 11.1 Å². The van der Waals surface area contributed by atoms with Gasteiger partial charge >= 0.3 is 0 Å². The zero-order valence-corrected chi connectivity index (χ0v) is 8.16. The van der Waals surface area contributed by atoms with Crippen LogP contribution in [0.5, 0.6) is 0 Å². The van der Waals surface area contributed by atoms with Gasteiger partial charge in [-0.1, -0.05) is 0 Å². The first-order valence-corrected chi connectivity index (χ1v) is 4.81. The molecule has 0 heterocycles. The summed E-state index contributed by atoms with van der Waals surface area (Å²) in [6.45, 7) is 1.68. The number of hydrogen-bond donors (Lipinski definition) is 2. The second kappa shape index (κ2) is 6.01. The number of hydrogen-bond acceptors (Lipinski definition) is 3. The number of nitrogens with one attached hydrogen (secondary N) is 1. The van der Waals surface area contributed by atoms with Gasteiger partial charge in [-0.25, -0.2) is 0 Å². The van der Waals surface area contributed by atoms with E-state index < -0.39 is 0 Å². The van der Waals surface area contributed by atoms with E-state index >= 15 is 0 Å². The number of nitrogens with two attached hydrogens (primary N) is 1. The summed E-state index contributed by atoms with van der Waals surface area (Å²) in [5.74, 6) is 0. The van der Waals surface area contributed by atoms with Crippen LogP contribution in [0.15, 0.2) is 24.3 Å². The number of anilines is 1. The Bertz CT molecular complexity index is 297. The molecule has 0 aliphatic rings. The fraction of sp³-hybridized carbons (Fsp3) is 0.364. The van der Waals surface area contributed by atoms with Crippen molar-refractivity contribution in [3.8, 4) is 6.07 Å². The van der Waals surface area contributed by atoms with E-state index in [1.165, 1.54) is 0 Å². The molecule has 0 radical (unpaired) electrons. The molecule has 3 N–H and O–H groups in total. The van der Waals surface area contributed by atoms with Gasteiger partial charge in [-0.3, -0.25) is 0 Å². The van der Waals surface area contributed by atoms with Crippen molar-refractivity contribution in [2.75, 3.05) is 18.4 Å².